The molecule has 0 spiro atoms. The van der Waals surface area contributed by atoms with Crippen LogP contribution in [0.2, 0.25) is 0 Å². The highest BCUT2D eigenvalue weighted by molar-refractivity contribution is 7.05. The normalized spacial score (nSPS) is 12.0. The van der Waals surface area contributed by atoms with Gasteiger partial charge in [-0.3, -0.25) is 0 Å². The molecule has 0 amide bonds. The van der Waals surface area contributed by atoms with Crippen molar-refractivity contribution in [2.45, 2.75) is 52.6 Å². The molecule has 0 aliphatic carbocycles. The summed E-state index contributed by atoms with van der Waals surface area (Å²) in [5.74, 6) is 0. The van der Waals surface area contributed by atoms with Crippen LogP contribution in [0.25, 0.3) is 0 Å². The molecule has 0 bridgehead atoms. The third kappa shape index (κ3) is 6.10. The molecule has 1 aromatic rings. The van der Waals surface area contributed by atoms with Gasteiger partial charge in [-0.2, -0.15) is 0 Å². The molecule has 98 valence electrons. The fourth-order valence-electron chi connectivity index (χ4n) is 1.52. The predicted octanol–water partition coefficient (Wildman–Crippen LogP) is 1.97. The quantitative estimate of drug-likeness (QED) is 0.732. The Morgan fingerprint density at radius 1 is 1.24 bits per heavy atom. The Hall–Kier alpha value is -0.520. The second-order valence-corrected chi connectivity index (χ2v) is 6.09. The lowest BCUT2D eigenvalue weighted by Gasteiger charge is -2.20. The van der Waals surface area contributed by atoms with E-state index in [1.807, 2.05) is 0 Å². The number of aryl methyl sites for hydroxylation is 1. The van der Waals surface area contributed by atoms with Crippen LogP contribution in [0.3, 0.4) is 0 Å². The second-order valence-electron chi connectivity index (χ2n) is 5.25. The topological polar surface area (TPSA) is 49.8 Å². The zero-order valence-corrected chi connectivity index (χ0v) is 12.2. The molecule has 1 rings (SSSR count). The molecule has 0 radical (unpaired) electrons. The summed E-state index contributed by atoms with van der Waals surface area (Å²) in [4.78, 5) is 1.28. The molecular formula is C12H24N4S. The van der Waals surface area contributed by atoms with Gasteiger partial charge >= 0.3 is 0 Å². The first-order chi connectivity index (χ1) is 8.03. The minimum Gasteiger partial charge on any atom is -0.311 e. The molecule has 0 unspecified atom stereocenters. The molecule has 1 heterocycles. The smallest absolute Gasteiger partial charge is 0.0800 e. The fraction of sp³-hybridized carbons (Fsp3) is 0.833. The highest BCUT2D eigenvalue weighted by atomic mass is 32.1. The van der Waals surface area contributed by atoms with Gasteiger partial charge in [-0.25, -0.2) is 0 Å². The van der Waals surface area contributed by atoms with Crippen LogP contribution < -0.4 is 10.6 Å². The molecule has 0 aliphatic rings. The zero-order chi connectivity index (χ0) is 12.7. The van der Waals surface area contributed by atoms with Gasteiger partial charge in [0, 0.05) is 25.2 Å². The maximum Gasteiger partial charge on any atom is 0.0800 e. The van der Waals surface area contributed by atoms with E-state index >= 15 is 0 Å². The number of rotatable bonds is 7. The van der Waals surface area contributed by atoms with Crippen molar-refractivity contribution in [3.8, 4) is 0 Å². The van der Waals surface area contributed by atoms with E-state index < -0.39 is 0 Å². The first-order valence-electron chi connectivity index (χ1n) is 6.29. The minimum absolute atomic E-state index is 0.196. The zero-order valence-electron chi connectivity index (χ0n) is 11.3. The summed E-state index contributed by atoms with van der Waals surface area (Å²) in [5.41, 5.74) is 1.36. The van der Waals surface area contributed by atoms with Crippen molar-refractivity contribution in [2.75, 3.05) is 13.1 Å². The average Bonchev–Trinajstić information content (AvgIpc) is 2.64. The Bertz CT molecular complexity index is 317. The van der Waals surface area contributed by atoms with E-state index in [0.29, 0.717) is 0 Å². The van der Waals surface area contributed by atoms with Crippen LogP contribution in [0.15, 0.2) is 0 Å². The number of nitrogens with zero attached hydrogens (tertiary/aromatic N) is 2. The van der Waals surface area contributed by atoms with Gasteiger partial charge in [0.05, 0.1) is 10.6 Å². The van der Waals surface area contributed by atoms with Gasteiger partial charge in [0.25, 0.3) is 0 Å². The highest BCUT2D eigenvalue weighted by Gasteiger charge is 2.08. The lowest BCUT2D eigenvalue weighted by molar-refractivity contribution is 0.421. The third-order valence-corrected chi connectivity index (χ3v) is 3.13. The van der Waals surface area contributed by atoms with E-state index in [9.17, 15) is 0 Å². The van der Waals surface area contributed by atoms with Gasteiger partial charge in [0.2, 0.25) is 0 Å². The summed E-state index contributed by atoms with van der Waals surface area (Å²) < 4.78 is 4.01. The Labute approximate surface area is 108 Å². The van der Waals surface area contributed by atoms with Gasteiger partial charge in [-0.1, -0.05) is 17.8 Å². The molecule has 1 aromatic heterocycles. The monoisotopic (exact) mass is 256 g/mol. The van der Waals surface area contributed by atoms with Crippen LogP contribution >= 0.6 is 11.5 Å². The van der Waals surface area contributed by atoms with E-state index in [-0.39, 0.29) is 5.54 Å². The largest absolute Gasteiger partial charge is 0.311 e. The third-order valence-electron chi connectivity index (χ3n) is 2.36. The van der Waals surface area contributed by atoms with Crippen molar-refractivity contribution in [3.05, 3.63) is 10.6 Å². The number of nitrogens with one attached hydrogen (secondary N) is 2. The van der Waals surface area contributed by atoms with E-state index in [0.717, 1.165) is 38.2 Å². The molecule has 0 aromatic carbocycles. The van der Waals surface area contributed by atoms with Crippen LogP contribution in [-0.4, -0.2) is 28.2 Å². The molecule has 0 fully saturated rings. The van der Waals surface area contributed by atoms with Crippen LogP contribution in [0.5, 0.6) is 0 Å². The van der Waals surface area contributed by atoms with Crippen molar-refractivity contribution in [2.24, 2.45) is 0 Å². The second kappa shape index (κ2) is 7.03. The van der Waals surface area contributed by atoms with Crippen molar-refractivity contribution >= 4 is 11.5 Å². The number of hydrogen-bond donors (Lipinski definition) is 2. The molecule has 0 saturated heterocycles. The first-order valence-corrected chi connectivity index (χ1v) is 7.06. The van der Waals surface area contributed by atoms with Gasteiger partial charge < -0.3 is 10.6 Å². The molecule has 4 nitrogen and oxygen atoms in total. The first kappa shape index (κ1) is 14.5. The van der Waals surface area contributed by atoms with E-state index in [1.54, 1.807) is 0 Å². The van der Waals surface area contributed by atoms with Gasteiger partial charge in [0.15, 0.2) is 0 Å². The molecule has 17 heavy (non-hydrogen) atoms. The van der Waals surface area contributed by atoms with Crippen molar-refractivity contribution in [1.29, 1.82) is 0 Å². The number of aromatic nitrogens is 2. The van der Waals surface area contributed by atoms with Crippen molar-refractivity contribution in [1.82, 2.24) is 20.2 Å². The summed E-state index contributed by atoms with van der Waals surface area (Å²) in [6.45, 7) is 11.6. The standard InChI is InChI=1S/C12H24N4S/c1-5-6-10-11(17-16-15-10)9-13-7-8-14-12(2,3)4/h13-14H,5-9H2,1-4H3. The van der Waals surface area contributed by atoms with E-state index in [4.69, 9.17) is 0 Å². The SMILES string of the molecule is CCCc1nnsc1CNCCNC(C)(C)C. The van der Waals surface area contributed by atoms with Gasteiger partial charge in [-0.05, 0) is 38.7 Å². The molecule has 0 atom stereocenters. The summed E-state index contributed by atoms with van der Waals surface area (Å²) in [6, 6.07) is 0. The summed E-state index contributed by atoms with van der Waals surface area (Å²) in [7, 11) is 0. The highest BCUT2D eigenvalue weighted by Crippen LogP contribution is 2.11. The fourth-order valence-corrected chi connectivity index (χ4v) is 2.17. The van der Waals surface area contributed by atoms with Crippen molar-refractivity contribution in [3.63, 3.8) is 0 Å². The van der Waals surface area contributed by atoms with E-state index in [1.165, 1.54) is 16.4 Å². The lowest BCUT2D eigenvalue weighted by atomic mass is 10.1. The Balaban J connectivity index is 2.20. The van der Waals surface area contributed by atoms with Crippen LogP contribution in [0.1, 0.15) is 44.7 Å². The summed E-state index contributed by atoms with van der Waals surface area (Å²) in [6.07, 6.45) is 2.16. The average molecular weight is 256 g/mol. The summed E-state index contributed by atoms with van der Waals surface area (Å²) >= 11 is 1.51. The lowest BCUT2D eigenvalue weighted by Crippen LogP contribution is -2.40. The maximum absolute atomic E-state index is 4.16. The van der Waals surface area contributed by atoms with Crippen LogP contribution in [0.4, 0.5) is 0 Å². The minimum atomic E-state index is 0.196. The molecule has 5 heteroatoms. The molecule has 2 N–H and O–H groups in total. The van der Waals surface area contributed by atoms with Crippen LogP contribution in [0, 0.1) is 0 Å². The van der Waals surface area contributed by atoms with E-state index in [2.05, 4.69) is 47.9 Å². The van der Waals surface area contributed by atoms with Crippen LogP contribution in [-0.2, 0) is 13.0 Å². The Kier molecular flexibility index (Phi) is 6.02. The van der Waals surface area contributed by atoms with Gasteiger partial charge in [-0.15, -0.1) is 5.10 Å². The number of hydrogen-bond acceptors (Lipinski definition) is 5. The maximum atomic E-state index is 4.16. The van der Waals surface area contributed by atoms with Gasteiger partial charge in [0.1, 0.15) is 0 Å². The Morgan fingerprint density at radius 2 is 2.00 bits per heavy atom. The molecule has 0 aliphatic heterocycles. The molecular weight excluding hydrogens is 232 g/mol. The molecule has 0 saturated carbocycles. The van der Waals surface area contributed by atoms with Crippen molar-refractivity contribution < 1.29 is 0 Å². The predicted molar refractivity (Wildman–Crippen MR) is 73.4 cm³/mol. The summed E-state index contributed by atoms with van der Waals surface area (Å²) in [5, 5.41) is 11.0. The Morgan fingerprint density at radius 3 is 2.65 bits per heavy atom.